The van der Waals surface area contributed by atoms with Gasteiger partial charge in [-0.3, -0.25) is 0 Å². The molecule has 74 valence electrons. The van der Waals surface area contributed by atoms with E-state index in [9.17, 15) is 16.8 Å². The molecule has 0 rings (SSSR count). The minimum atomic E-state index is -3.68. The molecule has 0 aliphatic heterocycles. The second-order valence-electron chi connectivity index (χ2n) is 2.39. The highest BCUT2D eigenvalue weighted by atomic mass is 35.7. The van der Waals surface area contributed by atoms with Gasteiger partial charge in [0.05, 0.1) is 11.5 Å². The monoisotopic (exact) mass is 234 g/mol. The molecular formula is C5H11ClO4S2. The molecule has 0 bridgehead atoms. The predicted molar refractivity (Wildman–Crippen MR) is 48.6 cm³/mol. The first-order valence-electron chi connectivity index (χ1n) is 3.39. The number of halogens is 1. The predicted octanol–water partition coefficient (Wildman–Crippen LogP) is 0.380. The van der Waals surface area contributed by atoms with E-state index in [0.29, 0.717) is 6.42 Å². The second kappa shape index (κ2) is 4.43. The zero-order valence-electron chi connectivity index (χ0n) is 6.66. The summed E-state index contributed by atoms with van der Waals surface area (Å²) < 4.78 is 42.7. The SMILES string of the molecule is CCCS(=O)(=O)CCS(=O)(=O)Cl. The van der Waals surface area contributed by atoms with E-state index in [1.807, 2.05) is 0 Å². The third-order valence-electron chi connectivity index (χ3n) is 1.15. The maximum Gasteiger partial charge on any atom is 0.233 e. The number of hydrogen-bond acceptors (Lipinski definition) is 4. The fourth-order valence-electron chi connectivity index (χ4n) is 0.640. The molecule has 0 saturated carbocycles. The van der Waals surface area contributed by atoms with Gasteiger partial charge >= 0.3 is 0 Å². The lowest BCUT2D eigenvalue weighted by Crippen LogP contribution is -2.16. The highest BCUT2D eigenvalue weighted by Crippen LogP contribution is 2.00. The summed E-state index contributed by atoms with van der Waals surface area (Å²) in [5.74, 6) is -0.872. The maximum absolute atomic E-state index is 11.0. The number of hydrogen-bond donors (Lipinski definition) is 0. The third kappa shape index (κ3) is 6.87. The Kier molecular flexibility index (Phi) is 4.50. The van der Waals surface area contributed by atoms with Crippen LogP contribution in [0, 0.1) is 0 Å². The van der Waals surface area contributed by atoms with Crippen LogP contribution in [0.2, 0.25) is 0 Å². The van der Waals surface area contributed by atoms with Gasteiger partial charge in [0.1, 0.15) is 0 Å². The largest absolute Gasteiger partial charge is 0.233 e. The van der Waals surface area contributed by atoms with Crippen molar-refractivity contribution in [2.45, 2.75) is 13.3 Å². The van der Waals surface area contributed by atoms with E-state index in [1.165, 1.54) is 0 Å². The quantitative estimate of drug-likeness (QED) is 0.645. The molecule has 0 atom stereocenters. The fourth-order valence-corrected chi connectivity index (χ4v) is 3.84. The Hall–Kier alpha value is 0.190. The van der Waals surface area contributed by atoms with Gasteiger partial charge in [0, 0.05) is 16.4 Å². The first kappa shape index (κ1) is 12.2. The number of rotatable bonds is 5. The molecule has 0 aromatic heterocycles. The summed E-state index contributed by atoms with van der Waals surface area (Å²) in [4.78, 5) is 0. The summed E-state index contributed by atoms with van der Waals surface area (Å²) in [5.41, 5.74) is 0. The summed E-state index contributed by atoms with van der Waals surface area (Å²) in [5, 5.41) is 0. The minimum Gasteiger partial charge on any atom is -0.229 e. The maximum atomic E-state index is 11.0. The van der Waals surface area contributed by atoms with Crippen LogP contribution in [0.25, 0.3) is 0 Å². The molecule has 0 fully saturated rings. The Balaban J connectivity index is 4.12. The van der Waals surface area contributed by atoms with Crippen molar-refractivity contribution < 1.29 is 16.8 Å². The van der Waals surface area contributed by atoms with E-state index >= 15 is 0 Å². The van der Waals surface area contributed by atoms with Gasteiger partial charge in [-0.25, -0.2) is 16.8 Å². The highest BCUT2D eigenvalue weighted by molar-refractivity contribution is 8.14. The van der Waals surface area contributed by atoms with Crippen molar-refractivity contribution in [2.24, 2.45) is 0 Å². The Bertz CT molecular complexity index is 315. The zero-order chi connectivity index (χ0) is 9.83. The van der Waals surface area contributed by atoms with E-state index in [-0.39, 0.29) is 11.5 Å². The summed E-state index contributed by atoms with van der Waals surface area (Å²) >= 11 is 0. The molecule has 0 amide bonds. The second-order valence-corrected chi connectivity index (χ2v) is 7.59. The summed E-state index contributed by atoms with van der Waals surface area (Å²) in [6.45, 7) is 1.72. The molecule has 0 unspecified atom stereocenters. The van der Waals surface area contributed by atoms with Gasteiger partial charge in [0.15, 0.2) is 9.84 Å². The molecule has 0 radical (unpaired) electrons. The van der Waals surface area contributed by atoms with Crippen LogP contribution in [0.5, 0.6) is 0 Å². The molecule has 0 saturated heterocycles. The van der Waals surface area contributed by atoms with Crippen LogP contribution in [0.1, 0.15) is 13.3 Å². The summed E-state index contributed by atoms with van der Waals surface area (Å²) in [6.07, 6.45) is 0.491. The van der Waals surface area contributed by atoms with E-state index in [4.69, 9.17) is 10.7 Å². The van der Waals surface area contributed by atoms with Crippen LogP contribution in [0.15, 0.2) is 0 Å². The highest BCUT2D eigenvalue weighted by Gasteiger charge is 2.14. The average Bonchev–Trinajstić information content (AvgIpc) is 1.83. The first-order chi connectivity index (χ1) is 5.27. The van der Waals surface area contributed by atoms with Crippen LogP contribution < -0.4 is 0 Å². The van der Waals surface area contributed by atoms with Gasteiger partial charge in [-0.1, -0.05) is 6.92 Å². The summed E-state index contributed by atoms with van der Waals surface area (Å²) in [7, 11) is -2.06. The molecule has 0 N–H and O–H groups in total. The van der Waals surface area contributed by atoms with Crippen molar-refractivity contribution in [1.82, 2.24) is 0 Å². The molecular weight excluding hydrogens is 224 g/mol. The van der Waals surface area contributed by atoms with Crippen molar-refractivity contribution in [3.05, 3.63) is 0 Å². The fraction of sp³-hybridized carbons (Fsp3) is 1.00. The van der Waals surface area contributed by atoms with Crippen LogP contribution in [0.4, 0.5) is 0 Å². The normalized spacial score (nSPS) is 13.2. The van der Waals surface area contributed by atoms with E-state index < -0.39 is 24.6 Å². The Morgan fingerprint density at radius 3 is 1.83 bits per heavy atom. The van der Waals surface area contributed by atoms with Crippen molar-refractivity contribution in [3.63, 3.8) is 0 Å². The van der Waals surface area contributed by atoms with Gasteiger partial charge in [-0.15, -0.1) is 0 Å². The van der Waals surface area contributed by atoms with Gasteiger partial charge < -0.3 is 0 Å². The van der Waals surface area contributed by atoms with E-state index in [0.717, 1.165) is 0 Å². The lowest BCUT2D eigenvalue weighted by Gasteiger charge is -1.99. The lowest BCUT2D eigenvalue weighted by molar-refractivity contribution is 0.591. The smallest absolute Gasteiger partial charge is 0.229 e. The molecule has 4 nitrogen and oxygen atoms in total. The van der Waals surface area contributed by atoms with Crippen molar-refractivity contribution in [1.29, 1.82) is 0 Å². The molecule has 7 heteroatoms. The van der Waals surface area contributed by atoms with Crippen LogP contribution in [0.3, 0.4) is 0 Å². The van der Waals surface area contributed by atoms with Crippen molar-refractivity contribution in [3.8, 4) is 0 Å². The van der Waals surface area contributed by atoms with Gasteiger partial charge in [-0.05, 0) is 6.42 Å². The van der Waals surface area contributed by atoms with Crippen molar-refractivity contribution in [2.75, 3.05) is 17.3 Å². The van der Waals surface area contributed by atoms with Gasteiger partial charge in [-0.2, -0.15) is 0 Å². The van der Waals surface area contributed by atoms with E-state index in [1.54, 1.807) is 6.92 Å². The van der Waals surface area contributed by atoms with Gasteiger partial charge in [0.2, 0.25) is 9.05 Å². The van der Waals surface area contributed by atoms with Gasteiger partial charge in [0.25, 0.3) is 0 Å². The number of sulfone groups is 1. The topological polar surface area (TPSA) is 68.3 Å². The Labute approximate surface area is 77.3 Å². The molecule has 0 aliphatic carbocycles. The molecule has 12 heavy (non-hydrogen) atoms. The first-order valence-corrected chi connectivity index (χ1v) is 7.69. The molecule has 0 spiro atoms. The van der Waals surface area contributed by atoms with Crippen LogP contribution in [-0.4, -0.2) is 34.1 Å². The zero-order valence-corrected chi connectivity index (χ0v) is 9.04. The molecule has 0 aliphatic rings. The third-order valence-corrected chi connectivity index (χ3v) is 4.42. The molecule has 0 heterocycles. The summed E-state index contributed by atoms with van der Waals surface area (Å²) in [6, 6.07) is 0. The standard InChI is InChI=1S/C5H11ClO4S2/c1-2-3-11(7,8)4-5-12(6,9)10/h2-5H2,1H3. The van der Waals surface area contributed by atoms with Crippen LogP contribution >= 0.6 is 10.7 Å². The molecule has 0 aromatic carbocycles. The minimum absolute atomic E-state index is 0.0133. The lowest BCUT2D eigenvalue weighted by atomic mass is 10.6. The van der Waals surface area contributed by atoms with Crippen LogP contribution in [-0.2, 0) is 18.9 Å². The Morgan fingerprint density at radius 2 is 1.50 bits per heavy atom. The Morgan fingerprint density at radius 1 is 1.00 bits per heavy atom. The average molecular weight is 235 g/mol. The van der Waals surface area contributed by atoms with Crippen molar-refractivity contribution >= 4 is 29.6 Å². The van der Waals surface area contributed by atoms with E-state index in [2.05, 4.69) is 0 Å². The molecule has 0 aromatic rings.